The largest absolute Gasteiger partial charge is 1.00 e. The van der Waals surface area contributed by atoms with Gasteiger partial charge in [-0.1, -0.05) is 64.7 Å². The number of carboxylic acids is 1. The zero-order valence-electron chi connectivity index (χ0n) is 15.0. The zero-order chi connectivity index (χ0) is 16.5. The molecule has 0 radical (unpaired) electrons. The average molecular weight is 351 g/mol. The van der Waals surface area contributed by atoms with Crippen LogP contribution in [-0.2, 0) is 14.3 Å². The first-order valence-electron chi connectivity index (χ1n) is 8.71. The summed E-state index contributed by atoms with van der Waals surface area (Å²) in [5.74, 6) is -1.75. The van der Waals surface area contributed by atoms with Crippen molar-refractivity contribution in [3.05, 3.63) is 12.3 Å². The maximum atomic E-state index is 11.1. The maximum absolute atomic E-state index is 11.1. The van der Waals surface area contributed by atoms with Crippen molar-refractivity contribution in [2.24, 2.45) is 0 Å². The van der Waals surface area contributed by atoms with E-state index in [1.807, 2.05) is 6.08 Å². The fourth-order valence-electron chi connectivity index (χ4n) is 2.20. The van der Waals surface area contributed by atoms with E-state index < -0.39 is 11.9 Å². The number of carbonyl (C=O) groups excluding carboxylic acids is 2. The second-order valence-electron chi connectivity index (χ2n) is 5.70. The first-order chi connectivity index (χ1) is 10.7. The number of unbranched alkanes of at least 4 members (excludes halogenated alkanes) is 10. The Morgan fingerprint density at radius 2 is 1.39 bits per heavy atom. The van der Waals surface area contributed by atoms with Crippen molar-refractivity contribution in [3.8, 4) is 0 Å². The van der Waals surface area contributed by atoms with Gasteiger partial charge in [-0.25, -0.2) is 0 Å². The van der Waals surface area contributed by atoms with Crippen LogP contribution in [0.4, 0.5) is 0 Å². The Bertz CT molecular complexity index is 316. The Morgan fingerprint density at radius 1 is 0.870 bits per heavy atom. The Hall–Kier alpha value is 0.316. The molecule has 23 heavy (non-hydrogen) atoms. The molecule has 0 aliphatic carbocycles. The topological polar surface area (TPSA) is 66.4 Å². The summed E-state index contributed by atoms with van der Waals surface area (Å²) in [7, 11) is 0. The quantitative estimate of drug-likeness (QED) is 0.190. The molecule has 0 aliphatic heterocycles. The number of hydrogen-bond acceptors (Lipinski definition) is 4. The molecule has 0 bridgehead atoms. The second kappa shape index (κ2) is 20.4. The van der Waals surface area contributed by atoms with Crippen LogP contribution >= 0.6 is 0 Å². The minimum absolute atomic E-state index is 0. The predicted octanol–water partition coefficient (Wildman–Crippen LogP) is 0.888. The molecule has 0 saturated heterocycles. The van der Waals surface area contributed by atoms with E-state index >= 15 is 0 Å². The summed E-state index contributed by atoms with van der Waals surface area (Å²) in [6.07, 6.45) is 16.7. The van der Waals surface area contributed by atoms with Crippen molar-refractivity contribution in [2.45, 2.75) is 90.4 Å². The van der Waals surface area contributed by atoms with Gasteiger partial charge < -0.3 is 14.6 Å². The molecule has 0 aliphatic rings. The van der Waals surface area contributed by atoms with Gasteiger partial charge in [-0.3, -0.25) is 4.79 Å². The number of aliphatic carboxylic acids is 1. The van der Waals surface area contributed by atoms with Gasteiger partial charge in [-0.2, -0.15) is 0 Å². The van der Waals surface area contributed by atoms with Gasteiger partial charge in [0.1, 0.15) is 0 Å². The Kier molecular flexibility index (Phi) is 22.6. The molecule has 128 valence electrons. The zero-order valence-corrected chi connectivity index (χ0v) is 18.1. The molecule has 0 spiro atoms. The number of allylic oxidation sites excluding steroid dienone is 1. The third-order valence-electron chi connectivity index (χ3n) is 3.55. The van der Waals surface area contributed by atoms with Crippen molar-refractivity contribution >= 4 is 11.9 Å². The number of carboxylic acid groups (broad SMARTS) is 1. The number of rotatable bonds is 15. The standard InChI is InChI=1S/C18H32O4.K/c1-2-3-4-5-6-7-8-9-10-11-12-13-16-22-18(21)15-14-17(19)20;/h13,16H,2-12,14-15H2,1H3,(H,19,20);/q;+1/p-1. The third-order valence-corrected chi connectivity index (χ3v) is 3.55. The monoisotopic (exact) mass is 350 g/mol. The van der Waals surface area contributed by atoms with Crippen molar-refractivity contribution < 1.29 is 70.8 Å². The van der Waals surface area contributed by atoms with E-state index in [9.17, 15) is 14.7 Å². The van der Waals surface area contributed by atoms with E-state index in [1.54, 1.807) is 0 Å². The normalized spacial score (nSPS) is 10.5. The molecule has 0 atom stereocenters. The van der Waals surface area contributed by atoms with Crippen LogP contribution in [0.2, 0.25) is 0 Å². The van der Waals surface area contributed by atoms with E-state index in [0.717, 1.165) is 12.8 Å². The van der Waals surface area contributed by atoms with Crippen LogP contribution in [0.25, 0.3) is 0 Å². The van der Waals surface area contributed by atoms with Crippen LogP contribution in [0.3, 0.4) is 0 Å². The van der Waals surface area contributed by atoms with Crippen molar-refractivity contribution in [1.29, 1.82) is 0 Å². The second-order valence-corrected chi connectivity index (χ2v) is 5.70. The molecule has 0 aromatic heterocycles. The molecule has 0 N–H and O–H groups in total. The van der Waals surface area contributed by atoms with Gasteiger partial charge in [-0.15, -0.1) is 0 Å². The van der Waals surface area contributed by atoms with Gasteiger partial charge in [0.2, 0.25) is 0 Å². The van der Waals surface area contributed by atoms with Gasteiger partial charge in [0.25, 0.3) is 0 Å². The van der Waals surface area contributed by atoms with Crippen molar-refractivity contribution in [2.75, 3.05) is 0 Å². The maximum Gasteiger partial charge on any atom is 1.00 e. The van der Waals surface area contributed by atoms with Crippen LogP contribution in [0, 0.1) is 0 Å². The molecule has 0 fully saturated rings. The number of esters is 1. The van der Waals surface area contributed by atoms with Crippen LogP contribution in [0.1, 0.15) is 90.4 Å². The molecular formula is C18H31KO4. The van der Waals surface area contributed by atoms with E-state index in [2.05, 4.69) is 6.92 Å². The molecule has 0 aromatic carbocycles. The summed E-state index contributed by atoms with van der Waals surface area (Å²) >= 11 is 0. The Morgan fingerprint density at radius 3 is 1.91 bits per heavy atom. The Labute approximate surface area is 183 Å². The summed E-state index contributed by atoms with van der Waals surface area (Å²) in [5, 5.41) is 10.2. The summed E-state index contributed by atoms with van der Waals surface area (Å²) in [5.41, 5.74) is 0. The number of ether oxygens (including phenoxy) is 1. The average Bonchev–Trinajstić information content (AvgIpc) is 2.49. The predicted molar refractivity (Wildman–Crippen MR) is 85.9 cm³/mol. The minimum atomic E-state index is -1.23. The molecule has 0 amide bonds. The fourth-order valence-corrected chi connectivity index (χ4v) is 2.20. The summed E-state index contributed by atoms with van der Waals surface area (Å²) in [6, 6.07) is 0. The van der Waals surface area contributed by atoms with Crippen molar-refractivity contribution in [1.82, 2.24) is 0 Å². The van der Waals surface area contributed by atoms with Crippen LogP contribution in [-0.4, -0.2) is 11.9 Å². The van der Waals surface area contributed by atoms with Crippen LogP contribution in [0.5, 0.6) is 0 Å². The first-order valence-corrected chi connectivity index (χ1v) is 8.71. The fraction of sp³-hybridized carbons (Fsp3) is 0.778. The third kappa shape index (κ3) is 22.3. The molecule has 0 heterocycles. The SMILES string of the molecule is CCCCCCCCCCCCC=COC(=O)CCC(=O)[O-].[K+]. The molecule has 0 rings (SSSR count). The summed E-state index contributed by atoms with van der Waals surface area (Å²) in [4.78, 5) is 21.2. The minimum Gasteiger partial charge on any atom is -0.550 e. The van der Waals surface area contributed by atoms with Gasteiger partial charge in [0.05, 0.1) is 12.7 Å². The molecule has 4 nitrogen and oxygen atoms in total. The molecule has 0 saturated carbocycles. The molecule has 0 unspecified atom stereocenters. The first kappa shape index (κ1) is 25.6. The van der Waals surface area contributed by atoms with Gasteiger partial charge in [0.15, 0.2) is 0 Å². The molecule has 0 aromatic rings. The van der Waals surface area contributed by atoms with E-state index in [1.165, 1.54) is 64.0 Å². The smallest absolute Gasteiger partial charge is 0.550 e. The Balaban J connectivity index is 0. The van der Waals surface area contributed by atoms with Crippen LogP contribution in [0.15, 0.2) is 12.3 Å². The van der Waals surface area contributed by atoms with Gasteiger partial charge in [0, 0.05) is 5.97 Å². The molecular weight excluding hydrogens is 319 g/mol. The van der Waals surface area contributed by atoms with Gasteiger partial charge in [-0.05, 0) is 25.3 Å². The van der Waals surface area contributed by atoms with Gasteiger partial charge >= 0.3 is 57.4 Å². The van der Waals surface area contributed by atoms with E-state index in [-0.39, 0.29) is 64.2 Å². The number of carbonyl (C=O) groups is 2. The summed E-state index contributed by atoms with van der Waals surface area (Å²) in [6.45, 7) is 2.24. The van der Waals surface area contributed by atoms with E-state index in [4.69, 9.17) is 4.74 Å². The van der Waals surface area contributed by atoms with Crippen molar-refractivity contribution in [3.63, 3.8) is 0 Å². The number of hydrogen-bond donors (Lipinski definition) is 0. The van der Waals surface area contributed by atoms with Crippen LogP contribution < -0.4 is 56.5 Å². The van der Waals surface area contributed by atoms with E-state index in [0.29, 0.717) is 0 Å². The molecule has 5 heteroatoms. The summed E-state index contributed by atoms with van der Waals surface area (Å²) < 4.78 is 4.77.